The summed E-state index contributed by atoms with van der Waals surface area (Å²) in [5.41, 5.74) is 1.72. The van der Waals surface area contributed by atoms with E-state index >= 15 is 0 Å². The maximum atomic E-state index is 12.9. The molecule has 2 aromatic rings. The molecule has 0 saturated carbocycles. The summed E-state index contributed by atoms with van der Waals surface area (Å²) < 4.78 is 56.9. The number of aryl methyl sites for hydroxylation is 2. The van der Waals surface area contributed by atoms with Gasteiger partial charge in [0, 0.05) is 13.0 Å². The molecule has 0 amide bonds. The summed E-state index contributed by atoms with van der Waals surface area (Å²) in [4.78, 5) is 11.5. The average Bonchev–Trinajstić information content (AvgIpc) is 3.07. The van der Waals surface area contributed by atoms with E-state index in [4.69, 9.17) is 4.18 Å². The molecule has 3 rings (SSSR count). The number of carbonyl (C=O) groups is 1. The molecule has 1 fully saturated rings. The van der Waals surface area contributed by atoms with Gasteiger partial charge in [0.25, 0.3) is 10.1 Å². The molecule has 2 atom stereocenters. The fourth-order valence-corrected chi connectivity index (χ4v) is 5.82. The molecule has 1 aliphatic rings. The summed E-state index contributed by atoms with van der Waals surface area (Å²) in [6.45, 7) is 3.23. The SMILES string of the molecule is Cc1ccc(S(=O)(=O)OC2C[C@@H](C(=O)O)N(S(=O)(=O)c3ccc(C)cc3)C2)cc1. The molecule has 0 spiro atoms. The van der Waals surface area contributed by atoms with Gasteiger partial charge in [0.05, 0.1) is 15.9 Å². The molecule has 1 unspecified atom stereocenters. The lowest BCUT2D eigenvalue weighted by Gasteiger charge is -2.20. The number of benzene rings is 2. The third-order valence-corrected chi connectivity index (χ3v) is 7.97. The van der Waals surface area contributed by atoms with Crippen LogP contribution in [0.25, 0.3) is 0 Å². The molecule has 10 heteroatoms. The van der Waals surface area contributed by atoms with Crippen LogP contribution in [0, 0.1) is 13.8 Å². The van der Waals surface area contributed by atoms with E-state index in [2.05, 4.69) is 0 Å². The van der Waals surface area contributed by atoms with Crippen LogP contribution in [-0.2, 0) is 29.1 Å². The third kappa shape index (κ3) is 4.50. The highest BCUT2D eigenvalue weighted by Gasteiger charge is 2.46. The van der Waals surface area contributed by atoms with Crippen molar-refractivity contribution in [1.29, 1.82) is 0 Å². The molecule has 156 valence electrons. The number of hydrogen-bond acceptors (Lipinski definition) is 6. The van der Waals surface area contributed by atoms with Gasteiger partial charge in [-0.15, -0.1) is 0 Å². The lowest BCUT2D eigenvalue weighted by molar-refractivity contribution is -0.140. The van der Waals surface area contributed by atoms with Crippen molar-refractivity contribution in [3.63, 3.8) is 0 Å². The maximum absolute atomic E-state index is 12.9. The largest absolute Gasteiger partial charge is 0.480 e. The number of sulfonamides is 1. The Hall–Kier alpha value is -2.27. The van der Waals surface area contributed by atoms with Crippen LogP contribution in [0.5, 0.6) is 0 Å². The van der Waals surface area contributed by atoms with Crippen molar-refractivity contribution >= 4 is 26.1 Å². The summed E-state index contributed by atoms with van der Waals surface area (Å²) >= 11 is 0. The first-order chi connectivity index (χ1) is 13.5. The van der Waals surface area contributed by atoms with Crippen molar-refractivity contribution < 1.29 is 30.9 Å². The molecule has 0 bridgehead atoms. The van der Waals surface area contributed by atoms with E-state index in [9.17, 15) is 26.7 Å². The Balaban J connectivity index is 1.86. The lowest BCUT2D eigenvalue weighted by atomic mass is 10.2. The van der Waals surface area contributed by atoms with Gasteiger partial charge < -0.3 is 5.11 Å². The standard InChI is InChI=1S/C19H21NO7S2/c1-13-3-7-16(8-4-13)28(23,24)20-12-15(11-18(20)19(21)22)27-29(25,26)17-9-5-14(2)6-10-17/h3-10,15,18H,11-12H2,1-2H3,(H,21,22)/t15?,18-/m0/s1. The number of carboxylic acid groups (broad SMARTS) is 1. The number of nitrogens with zero attached hydrogens (tertiary/aromatic N) is 1. The van der Waals surface area contributed by atoms with Gasteiger partial charge in [-0.1, -0.05) is 35.4 Å². The van der Waals surface area contributed by atoms with Crippen molar-refractivity contribution in [2.75, 3.05) is 6.54 Å². The van der Waals surface area contributed by atoms with E-state index < -0.39 is 38.3 Å². The van der Waals surface area contributed by atoms with E-state index in [1.54, 1.807) is 38.1 Å². The summed E-state index contributed by atoms with van der Waals surface area (Å²) in [6, 6.07) is 10.6. The van der Waals surface area contributed by atoms with Gasteiger partial charge in [0.1, 0.15) is 6.04 Å². The fourth-order valence-electron chi connectivity index (χ4n) is 3.11. The quantitative estimate of drug-likeness (QED) is 0.683. The minimum Gasteiger partial charge on any atom is -0.480 e. The van der Waals surface area contributed by atoms with Crippen molar-refractivity contribution in [3.8, 4) is 0 Å². The summed E-state index contributed by atoms with van der Waals surface area (Å²) in [6.07, 6.45) is -1.38. The van der Waals surface area contributed by atoms with E-state index in [0.29, 0.717) is 0 Å². The first-order valence-electron chi connectivity index (χ1n) is 8.82. The molecule has 0 radical (unpaired) electrons. The Morgan fingerprint density at radius 1 is 0.931 bits per heavy atom. The number of aliphatic carboxylic acids is 1. The Kier molecular flexibility index (Phi) is 5.81. The first-order valence-corrected chi connectivity index (χ1v) is 11.7. The predicted molar refractivity (Wildman–Crippen MR) is 104 cm³/mol. The molecule has 0 aromatic heterocycles. The molecular formula is C19H21NO7S2. The highest BCUT2D eigenvalue weighted by atomic mass is 32.2. The molecule has 1 saturated heterocycles. The first kappa shape index (κ1) is 21.4. The van der Waals surface area contributed by atoms with E-state index in [1.165, 1.54) is 24.3 Å². The zero-order valence-corrected chi connectivity index (χ0v) is 17.5. The highest BCUT2D eigenvalue weighted by Crippen LogP contribution is 2.30. The molecule has 1 heterocycles. The van der Waals surface area contributed by atoms with Crippen LogP contribution in [0.2, 0.25) is 0 Å². The zero-order chi connectivity index (χ0) is 21.4. The minimum absolute atomic E-state index is 0.0589. The van der Waals surface area contributed by atoms with Crippen molar-refractivity contribution in [3.05, 3.63) is 59.7 Å². The Bertz CT molecular complexity index is 1110. The maximum Gasteiger partial charge on any atom is 0.322 e. The third-order valence-electron chi connectivity index (χ3n) is 4.70. The van der Waals surface area contributed by atoms with Crippen molar-refractivity contribution in [2.24, 2.45) is 0 Å². The second-order valence-corrected chi connectivity index (χ2v) is 10.4. The Morgan fingerprint density at radius 2 is 1.41 bits per heavy atom. The number of rotatable bonds is 6. The Labute approximate surface area is 169 Å². The van der Waals surface area contributed by atoms with Crippen LogP contribution in [0.4, 0.5) is 0 Å². The van der Waals surface area contributed by atoms with Gasteiger partial charge in [-0.05, 0) is 38.1 Å². The van der Waals surface area contributed by atoms with Gasteiger partial charge in [0.15, 0.2) is 0 Å². The van der Waals surface area contributed by atoms with Gasteiger partial charge >= 0.3 is 5.97 Å². The molecule has 2 aromatic carbocycles. The minimum atomic E-state index is -4.16. The fraction of sp³-hybridized carbons (Fsp3) is 0.316. The summed E-state index contributed by atoms with van der Waals surface area (Å²) in [7, 11) is -8.29. The smallest absolute Gasteiger partial charge is 0.322 e. The van der Waals surface area contributed by atoms with Gasteiger partial charge in [-0.3, -0.25) is 8.98 Å². The zero-order valence-electron chi connectivity index (χ0n) is 15.8. The second kappa shape index (κ2) is 7.86. The molecule has 29 heavy (non-hydrogen) atoms. The van der Waals surface area contributed by atoms with Crippen LogP contribution in [0.1, 0.15) is 17.5 Å². The molecule has 1 aliphatic heterocycles. The predicted octanol–water partition coefficient (Wildman–Crippen LogP) is 1.93. The molecule has 8 nitrogen and oxygen atoms in total. The monoisotopic (exact) mass is 439 g/mol. The van der Waals surface area contributed by atoms with E-state index in [-0.39, 0.29) is 22.8 Å². The average molecular weight is 440 g/mol. The second-order valence-electron chi connectivity index (χ2n) is 6.96. The van der Waals surface area contributed by atoms with Gasteiger partial charge in [-0.25, -0.2) is 8.42 Å². The van der Waals surface area contributed by atoms with Crippen molar-refractivity contribution in [1.82, 2.24) is 4.31 Å². The lowest BCUT2D eigenvalue weighted by Crippen LogP contribution is -2.40. The summed E-state index contributed by atoms with van der Waals surface area (Å²) in [5.74, 6) is -1.36. The van der Waals surface area contributed by atoms with Gasteiger partial charge in [0.2, 0.25) is 10.0 Å². The van der Waals surface area contributed by atoms with Crippen LogP contribution in [0.3, 0.4) is 0 Å². The summed E-state index contributed by atoms with van der Waals surface area (Å²) in [5, 5.41) is 9.49. The van der Waals surface area contributed by atoms with Crippen LogP contribution >= 0.6 is 0 Å². The molecular weight excluding hydrogens is 418 g/mol. The Morgan fingerprint density at radius 3 is 1.90 bits per heavy atom. The number of hydrogen-bond donors (Lipinski definition) is 1. The normalized spacial score (nSPS) is 20.6. The molecule has 1 N–H and O–H groups in total. The molecule has 0 aliphatic carbocycles. The number of carboxylic acids is 1. The van der Waals surface area contributed by atoms with Crippen molar-refractivity contribution in [2.45, 2.75) is 42.2 Å². The van der Waals surface area contributed by atoms with Crippen LogP contribution in [0.15, 0.2) is 58.3 Å². The van der Waals surface area contributed by atoms with Crippen LogP contribution in [-0.4, -0.2) is 50.9 Å². The van der Waals surface area contributed by atoms with E-state index in [0.717, 1.165) is 15.4 Å². The highest BCUT2D eigenvalue weighted by molar-refractivity contribution is 7.89. The topological polar surface area (TPSA) is 118 Å². The van der Waals surface area contributed by atoms with E-state index in [1.807, 2.05) is 0 Å². The van der Waals surface area contributed by atoms with Gasteiger partial charge in [-0.2, -0.15) is 12.7 Å². The van der Waals surface area contributed by atoms with Crippen LogP contribution < -0.4 is 0 Å².